The van der Waals surface area contributed by atoms with Gasteiger partial charge in [0.2, 0.25) is 0 Å². The number of amides is 2. The number of esters is 1. The van der Waals surface area contributed by atoms with Crippen molar-refractivity contribution in [2.75, 3.05) is 7.11 Å². The minimum absolute atomic E-state index is 0.0977. The molecule has 3 aromatic carbocycles. The maximum Gasteiger partial charge on any atom is 0.338 e. The van der Waals surface area contributed by atoms with E-state index >= 15 is 0 Å². The predicted molar refractivity (Wildman–Crippen MR) is 127 cm³/mol. The molecule has 1 aliphatic heterocycles. The Labute approximate surface area is 198 Å². The van der Waals surface area contributed by atoms with E-state index in [-0.39, 0.29) is 12.6 Å². The number of hydrogen-bond donors (Lipinski definition) is 2. The lowest BCUT2D eigenvalue weighted by molar-refractivity contribution is -0.140. The van der Waals surface area contributed by atoms with Crippen LogP contribution >= 0.6 is 0 Å². The number of benzene rings is 3. The standard InChI is InChI=1S/C27H26N2O5/c1-18-24(26(30)34-17-20-11-13-22(32-2)14-12-20)25(29-27(31)28-18)21-9-6-10-23(15-21)33-16-19-7-4-3-5-8-19/h3-15,25H,16-17H2,1-2H3,(H2,28,29,31). The van der Waals surface area contributed by atoms with Gasteiger partial charge in [0.1, 0.15) is 24.7 Å². The van der Waals surface area contributed by atoms with E-state index in [4.69, 9.17) is 14.2 Å². The normalized spacial score (nSPS) is 15.2. The van der Waals surface area contributed by atoms with Crippen molar-refractivity contribution in [3.05, 3.63) is 107 Å². The van der Waals surface area contributed by atoms with Gasteiger partial charge >= 0.3 is 12.0 Å². The number of carbonyl (C=O) groups excluding carboxylic acids is 2. The Morgan fingerprint density at radius 1 is 0.882 bits per heavy atom. The van der Waals surface area contributed by atoms with Crippen LogP contribution < -0.4 is 20.1 Å². The van der Waals surface area contributed by atoms with Gasteiger partial charge in [0.15, 0.2) is 0 Å². The Morgan fingerprint density at radius 3 is 2.35 bits per heavy atom. The van der Waals surface area contributed by atoms with Gasteiger partial charge in [-0.2, -0.15) is 0 Å². The summed E-state index contributed by atoms with van der Waals surface area (Å²) >= 11 is 0. The largest absolute Gasteiger partial charge is 0.497 e. The summed E-state index contributed by atoms with van der Waals surface area (Å²) in [4.78, 5) is 25.3. The zero-order chi connectivity index (χ0) is 23.9. The third kappa shape index (κ3) is 5.56. The first-order valence-corrected chi connectivity index (χ1v) is 10.9. The number of urea groups is 1. The molecule has 0 saturated heterocycles. The number of ether oxygens (including phenoxy) is 3. The van der Waals surface area contributed by atoms with Gasteiger partial charge < -0.3 is 24.8 Å². The van der Waals surface area contributed by atoms with Gasteiger partial charge in [0.05, 0.1) is 18.7 Å². The molecular weight excluding hydrogens is 432 g/mol. The molecule has 7 heteroatoms. The van der Waals surface area contributed by atoms with Crippen molar-refractivity contribution in [1.82, 2.24) is 10.6 Å². The minimum Gasteiger partial charge on any atom is -0.497 e. The molecule has 0 aromatic heterocycles. The lowest BCUT2D eigenvalue weighted by Gasteiger charge is -2.28. The Kier molecular flexibility index (Phi) is 7.13. The Balaban J connectivity index is 1.50. The number of rotatable bonds is 8. The summed E-state index contributed by atoms with van der Waals surface area (Å²) in [5.74, 6) is 0.849. The first kappa shape index (κ1) is 22.9. The van der Waals surface area contributed by atoms with Crippen LogP contribution in [0, 0.1) is 0 Å². The predicted octanol–water partition coefficient (Wildman–Crippen LogP) is 4.65. The van der Waals surface area contributed by atoms with Crippen molar-refractivity contribution >= 4 is 12.0 Å². The minimum atomic E-state index is -0.669. The molecule has 1 unspecified atom stereocenters. The number of hydrogen-bond acceptors (Lipinski definition) is 5. The summed E-state index contributed by atoms with van der Waals surface area (Å²) in [5, 5.41) is 5.49. The summed E-state index contributed by atoms with van der Waals surface area (Å²) in [7, 11) is 1.59. The maximum absolute atomic E-state index is 13.1. The fraction of sp³-hybridized carbons (Fsp3) is 0.185. The topological polar surface area (TPSA) is 85.9 Å². The van der Waals surface area contributed by atoms with E-state index < -0.39 is 12.0 Å². The molecule has 0 bridgehead atoms. The highest BCUT2D eigenvalue weighted by molar-refractivity contribution is 5.95. The van der Waals surface area contributed by atoms with Crippen molar-refractivity contribution in [1.29, 1.82) is 0 Å². The number of methoxy groups -OCH3 is 1. The summed E-state index contributed by atoms with van der Waals surface area (Å²) < 4.78 is 16.7. The van der Waals surface area contributed by atoms with Gasteiger partial charge in [0.25, 0.3) is 0 Å². The summed E-state index contributed by atoms with van der Waals surface area (Å²) in [5.41, 5.74) is 3.38. The highest BCUT2D eigenvalue weighted by atomic mass is 16.5. The fourth-order valence-electron chi connectivity index (χ4n) is 3.69. The monoisotopic (exact) mass is 458 g/mol. The molecule has 2 N–H and O–H groups in total. The fourth-order valence-corrected chi connectivity index (χ4v) is 3.69. The smallest absolute Gasteiger partial charge is 0.338 e. The van der Waals surface area contributed by atoms with Crippen LogP contribution in [0.2, 0.25) is 0 Å². The van der Waals surface area contributed by atoms with Crippen molar-refractivity contribution in [2.24, 2.45) is 0 Å². The van der Waals surface area contributed by atoms with E-state index in [1.54, 1.807) is 26.2 Å². The molecule has 0 saturated carbocycles. The molecule has 3 aromatic rings. The van der Waals surface area contributed by atoms with E-state index in [1.165, 1.54) is 0 Å². The molecular formula is C27H26N2O5. The van der Waals surface area contributed by atoms with Crippen LogP contribution in [-0.4, -0.2) is 19.1 Å². The second-order valence-corrected chi connectivity index (χ2v) is 7.84. The lowest BCUT2D eigenvalue weighted by Crippen LogP contribution is -2.45. The highest BCUT2D eigenvalue weighted by Gasteiger charge is 2.32. The van der Waals surface area contributed by atoms with E-state index in [2.05, 4.69) is 10.6 Å². The van der Waals surface area contributed by atoms with Crippen LogP contribution in [0.3, 0.4) is 0 Å². The van der Waals surface area contributed by atoms with E-state index in [9.17, 15) is 9.59 Å². The highest BCUT2D eigenvalue weighted by Crippen LogP contribution is 2.30. The second-order valence-electron chi connectivity index (χ2n) is 7.84. The first-order chi connectivity index (χ1) is 16.5. The molecule has 1 heterocycles. The average Bonchev–Trinajstić information content (AvgIpc) is 2.86. The van der Waals surface area contributed by atoms with Gasteiger partial charge in [-0.25, -0.2) is 9.59 Å². The van der Waals surface area contributed by atoms with Gasteiger partial charge in [-0.05, 0) is 47.9 Å². The molecule has 7 nitrogen and oxygen atoms in total. The van der Waals surface area contributed by atoms with Crippen LogP contribution in [0.15, 0.2) is 90.1 Å². The third-order valence-corrected chi connectivity index (χ3v) is 5.46. The Hall–Kier alpha value is -4.26. The molecule has 1 atom stereocenters. The van der Waals surface area contributed by atoms with Gasteiger partial charge in [-0.3, -0.25) is 0 Å². The van der Waals surface area contributed by atoms with E-state index in [1.807, 2.05) is 66.7 Å². The van der Waals surface area contributed by atoms with E-state index in [0.29, 0.717) is 23.6 Å². The zero-order valence-electron chi connectivity index (χ0n) is 19.0. The van der Waals surface area contributed by atoms with Crippen LogP contribution in [0.25, 0.3) is 0 Å². The van der Waals surface area contributed by atoms with E-state index in [0.717, 1.165) is 22.4 Å². The third-order valence-electron chi connectivity index (χ3n) is 5.46. The summed E-state index contributed by atoms with van der Waals surface area (Å²) in [6.45, 7) is 2.19. The van der Waals surface area contributed by atoms with Crippen molar-refractivity contribution in [2.45, 2.75) is 26.2 Å². The average molecular weight is 459 g/mol. The van der Waals surface area contributed by atoms with Gasteiger partial charge in [0, 0.05) is 5.70 Å². The molecule has 2 amide bonds. The van der Waals surface area contributed by atoms with Gasteiger partial charge in [-0.1, -0.05) is 54.6 Å². The van der Waals surface area contributed by atoms with Crippen molar-refractivity contribution in [3.63, 3.8) is 0 Å². The molecule has 4 rings (SSSR count). The SMILES string of the molecule is COc1ccc(COC(=O)C2=C(C)NC(=O)NC2c2cccc(OCc3ccccc3)c2)cc1. The Bertz CT molecular complexity index is 1190. The van der Waals surface area contributed by atoms with Gasteiger partial charge in [-0.15, -0.1) is 0 Å². The van der Waals surface area contributed by atoms with Crippen LogP contribution in [0.4, 0.5) is 4.79 Å². The van der Waals surface area contributed by atoms with Crippen LogP contribution in [0.1, 0.15) is 29.7 Å². The number of allylic oxidation sites excluding steroid dienone is 1. The zero-order valence-corrected chi connectivity index (χ0v) is 19.0. The lowest BCUT2D eigenvalue weighted by atomic mass is 9.95. The molecule has 0 aliphatic carbocycles. The van der Waals surface area contributed by atoms with Crippen LogP contribution in [0.5, 0.6) is 11.5 Å². The molecule has 1 aliphatic rings. The number of nitrogens with one attached hydrogen (secondary N) is 2. The molecule has 0 radical (unpaired) electrons. The second kappa shape index (κ2) is 10.6. The number of carbonyl (C=O) groups is 2. The van der Waals surface area contributed by atoms with Crippen molar-refractivity contribution < 1.29 is 23.8 Å². The Morgan fingerprint density at radius 2 is 1.62 bits per heavy atom. The summed E-state index contributed by atoms with van der Waals surface area (Å²) in [6.07, 6.45) is 0. The summed E-state index contributed by atoms with van der Waals surface area (Å²) in [6, 6.07) is 23.4. The van der Waals surface area contributed by atoms with Crippen molar-refractivity contribution in [3.8, 4) is 11.5 Å². The first-order valence-electron chi connectivity index (χ1n) is 10.9. The van der Waals surface area contributed by atoms with Crippen LogP contribution in [-0.2, 0) is 22.7 Å². The molecule has 34 heavy (non-hydrogen) atoms. The molecule has 0 fully saturated rings. The molecule has 174 valence electrons. The quantitative estimate of drug-likeness (QED) is 0.480. The molecule has 0 spiro atoms. The maximum atomic E-state index is 13.1.